The van der Waals surface area contributed by atoms with Crippen molar-refractivity contribution < 1.29 is 5.11 Å². The number of hydrogen-bond donors (Lipinski definition) is 2. The molecule has 2 N–H and O–H groups in total. The highest BCUT2D eigenvalue weighted by Gasteiger charge is 2.14. The van der Waals surface area contributed by atoms with Crippen LogP contribution in [0.2, 0.25) is 0 Å². The quantitative estimate of drug-likeness (QED) is 0.612. The monoisotopic (exact) mass is 186 g/mol. The van der Waals surface area contributed by atoms with Crippen LogP contribution in [0, 0.1) is 0 Å². The van der Waals surface area contributed by atoms with Crippen LogP contribution in [0.15, 0.2) is 0 Å². The van der Waals surface area contributed by atoms with Crippen LogP contribution in [0.25, 0.3) is 0 Å². The third kappa shape index (κ3) is 4.60. The van der Waals surface area contributed by atoms with Gasteiger partial charge in [-0.2, -0.15) is 0 Å². The second-order valence-electron chi connectivity index (χ2n) is 3.96. The summed E-state index contributed by atoms with van der Waals surface area (Å²) in [4.78, 5) is 2.38. The lowest BCUT2D eigenvalue weighted by Crippen LogP contribution is -2.41. The van der Waals surface area contributed by atoms with Gasteiger partial charge in [0.1, 0.15) is 0 Å². The molecule has 0 aromatic heterocycles. The Labute approximate surface area is 81.1 Å². The summed E-state index contributed by atoms with van der Waals surface area (Å²) in [6, 6.07) is 0.717. The number of hydrogen-bond acceptors (Lipinski definition) is 3. The Bertz CT molecular complexity index is 122. The van der Waals surface area contributed by atoms with Gasteiger partial charge in [0, 0.05) is 12.6 Å². The van der Waals surface area contributed by atoms with Crippen molar-refractivity contribution in [1.82, 2.24) is 10.2 Å². The first-order valence-corrected chi connectivity index (χ1v) is 5.35. The second kappa shape index (κ2) is 6.35. The highest BCUT2D eigenvalue weighted by Crippen LogP contribution is 2.07. The van der Waals surface area contributed by atoms with Gasteiger partial charge in [-0.25, -0.2) is 0 Å². The first kappa shape index (κ1) is 11.0. The van der Waals surface area contributed by atoms with Crippen LogP contribution in [0.3, 0.4) is 0 Å². The summed E-state index contributed by atoms with van der Waals surface area (Å²) in [5.41, 5.74) is 0. The van der Waals surface area contributed by atoms with Gasteiger partial charge in [-0.15, -0.1) is 0 Å². The molecule has 0 aromatic carbocycles. The fourth-order valence-electron chi connectivity index (χ4n) is 1.76. The molecule has 1 aliphatic heterocycles. The lowest BCUT2D eigenvalue weighted by molar-refractivity contribution is 0.232. The Morgan fingerprint density at radius 2 is 2.00 bits per heavy atom. The summed E-state index contributed by atoms with van der Waals surface area (Å²) >= 11 is 0. The van der Waals surface area contributed by atoms with Crippen molar-refractivity contribution in [2.24, 2.45) is 0 Å². The van der Waals surface area contributed by atoms with E-state index in [0.717, 1.165) is 25.4 Å². The molecule has 78 valence electrons. The molecule has 1 rings (SSSR count). The van der Waals surface area contributed by atoms with Crippen LogP contribution in [-0.2, 0) is 0 Å². The van der Waals surface area contributed by atoms with E-state index in [-0.39, 0.29) is 0 Å². The molecule has 3 nitrogen and oxygen atoms in total. The molecule has 1 aliphatic rings. The standard InChI is InChI=1S/C10H22N2O/c1-12-7-4-10(5-8-12)11-6-2-3-9-13/h10-11,13H,2-9H2,1H3. The van der Waals surface area contributed by atoms with Crippen molar-refractivity contribution in [1.29, 1.82) is 0 Å². The molecule has 0 spiro atoms. The Morgan fingerprint density at radius 3 is 2.62 bits per heavy atom. The summed E-state index contributed by atoms with van der Waals surface area (Å²) in [6.45, 7) is 3.83. The fourth-order valence-corrected chi connectivity index (χ4v) is 1.76. The highest BCUT2D eigenvalue weighted by atomic mass is 16.2. The maximum atomic E-state index is 8.60. The molecule has 13 heavy (non-hydrogen) atoms. The lowest BCUT2D eigenvalue weighted by Gasteiger charge is -2.29. The zero-order valence-electron chi connectivity index (χ0n) is 8.63. The fraction of sp³-hybridized carbons (Fsp3) is 1.00. The highest BCUT2D eigenvalue weighted by molar-refractivity contribution is 4.74. The van der Waals surface area contributed by atoms with E-state index in [0.29, 0.717) is 6.61 Å². The van der Waals surface area contributed by atoms with Crippen molar-refractivity contribution in [3.8, 4) is 0 Å². The molecule has 0 unspecified atom stereocenters. The lowest BCUT2D eigenvalue weighted by atomic mass is 10.1. The maximum absolute atomic E-state index is 8.60. The van der Waals surface area contributed by atoms with Crippen LogP contribution >= 0.6 is 0 Å². The minimum atomic E-state index is 0.328. The van der Waals surface area contributed by atoms with Gasteiger partial charge in [0.15, 0.2) is 0 Å². The second-order valence-corrected chi connectivity index (χ2v) is 3.96. The van der Waals surface area contributed by atoms with E-state index < -0.39 is 0 Å². The summed E-state index contributed by atoms with van der Waals surface area (Å²) in [5, 5.41) is 12.1. The summed E-state index contributed by atoms with van der Waals surface area (Å²) in [5.74, 6) is 0. The average molecular weight is 186 g/mol. The molecule has 1 heterocycles. The predicted octanol–water partition coefficient (Wildman–Crippen LogP) is 0.443. The minimum Gasteiger partial charge on any atom is -0.396 e. The number of piperidine rings is 1. The molecule has 1 fully saturated rings. The van der Waals surface area contributed by atoms with Crippen molar-refractivity contribution in [2.75, 3.05) is 33.3 Å². The van der Waals surface area contributed by atoms with Gasteiger partial charge in [-0.3, -0.25) is 0 Å². The molecular weight excluding hydrogens is 164 g/mol. The molecule has 0 radical (unpaired) electrons. The number of nitrogens with zero attached hydrogens (tertiary/aromatic N) is 1. The maximum Gasteiger partial charge on any atom is 0.0431 e. The van der Waals surface area contributed by atoms with E-state index in [4.69, 9.17) is 5.11 Å². The Balaban J connectivity index is 1.96. The summed E-state index contributed by atoms with van der Waals surface area (Å²) in [6.07, 6.45) is 4.58. The normalized spacial score (nSPS) is 20.8. The van der Waals surface area contributed by atoms with E-state index in [1.54, 1.807) is 0 Å². The first-order valence-electron chi connectivity index (χ1n) is 5.35. The van der Waals surface area contributed by atoms with Gasteiger partial charge in [0.2, 0.25) is 0 Å². The van der Waals surface area contributed by atoms with Crippen molar-refractivity contribution in [3.63, 3.8) is 0 Å². The Hall–Kier alpha value is -0.120. The van der Waals surface area contributed by atoms with E-state index in [1.807, 2.05) is 0 Å². The number of rotatable bonds is 5. The third-order valence-corrected chi connectivity index (χ3v) is 2.74. The van der Waals surface area contributed by atoms with Gasteiger partial charge in [0.25, 0.3) is 0 Å². The SMILES string of the molecule is CN1CCC(NCCCCO)CC1. The number of likely N-dealkylation sites (tertiary alicyclic amines) is 1. The van der Waals surface area contributed by atoms with E-state index in [9.17, 15) is 0 Å². The number of unbranched alkanes of at least 4 members (excludes halogenated alkanes) is 1. The molecule has 0 aliphatic carbocycles. The zero-order valence-corrected chi connectivity index (χ0v) is 8.63. The largest absolute Gasteiger partial charge is 0.396 e. The van der Waals surface area contributed by atoms with Crippen LogP contribution in [-0.4, -0.2) is 49.3 Å². The van der Waals surface area contributed by atoms with Crippen LogP contribution < -0.4 is 5.32 Å². The topological polar surface area (TPSA) is 35.5 Å². The van der Waals surface area contributed by atoms with Gasteiger partial charge < -0.3 is 15.3 Å². The summed E-state index contributed by atoms with van der Waals surface area (Å²) < 4.78 is 0. The summed E-state index contributed by atoms with van der Waals surface area (Å²) in [7, 11) is 2.18. The van der Waals surface area contributed by atoms with Crippen LogP contribution in [0.4, 0.5) is 0 Å². The molecule has 0 amide bonds. The average Bonchev–Trinajstić information content (AvgIpc) is 2.15. The minimum absolute atomic E-state index is 0.328. The molecule has 1 saturated heterocycles. The Kier molecular flexibility index (Phi) is 5.35. The van der Waals surface area contributed by atoms with E-state index in [2.05, 4.69) is 17.3 Å². The Morgan fingerprint density at radius 1 is 1.31 bits per heavy atom. The predicted molar refractivity (Wildman–Crippen MR) is 54.8 cm³/mol. The molecule has 0 bridgehead atoms. The molecule has 0 atom stereocenters. The smallest absolute Gasteiger partial charge is 0.0431 e. The van der Waals surface area contributed by atoms with Crippen molar-refractivity contribution in [3.05, 3.63) is 0 Å². The van der Waals surface area contributed by atoms with Crippen LogP contribution in [0.5, 0.6) is 0 Å². The van der Waals surface area contributed by atoms with Gasteiger partial charge in [-0.1, -0.05) is 0 Å². The molecule has 0 aromatic rings. The van der Waals surface area contributed by atoms with Crippen molar-refractivity contribution >= 4 is 0 Å². The number of aliphatic hydroxyl groups excluding tert-OH is 1. The van der Waals surface area contributed by atoms with Crippen LogP contribution in [0.1, 0.15) is 25.7 Å². The number of nitrogens with one attached hydrogen (secondary N) is 1. The molecular formula is C10H22N2O. The van der Waals surface area contributed by atoms with Gasteiger partial charge >= 0.3 is 0 Å². The zero-order chi connectivity index (χ0) is 9.52. The number of aliphatic hydroxyl groups is 1. The molecule has 3 heteroatoms. The molecule has 0 saturated carbocycles. The van der Waals surface area contributed by atoms with Gasteiger partial charge in [0.05, 0.1) is 0 Å². The van der Waals surface area contributed by atoms with E-state index in [1.165, 1.54) is 25.9 Å². The first-order chi connectivity index (χ1) is 6.33. The van der Waals surface area contributed by atoms with E-state index >= 15 is 0 Å². The van der Waals surface area contributed by atoms with Gasteiger partial charge in [-0.05, 0) is 52.4 Å². The third-order valence-electron chi connectivity index (χ3n) is 2.74. The van der Waals surface area contributed by atoms with Crippen molar-refractivity contribution in [2.45, 2.75) is 31.7 Å².